The van der Waals surface area contributed by atoms with E-state index in [-0.39, 0.29) is 36.7 Å². The van der Waals surface area contributed by atoms with Crippen molar-refractivity contribution >= 4 is 23.5 Å². The minimum absolute atomic E-state index is 0.0393. The summed E-state index contributed by atoms with van der Waals surface area (Å²) >= 11 is 5.76. The van der Waals surface area contributed by atoms with E-state index in [0.717, 1.165) is 24.7 Å². The maximum atomic E-state index is 12.9. The highest BCUT2D eigenvalue weighted by atomic mass is 35.5. The second-order valence-corrected chi connectivity index (χ2v) is 6.23. The normalized spacial score (nSPS) is 15.0. The molecule has 0 unspecified atom stereocenters. The average Bonchev–Trinajstić information content (AvgIpc) is 2.64. The fourth-order valence-corrected chi connectivity index (χ4v) is 2.89. The third kappa shape index (κ3) is 4.14. The van der Waals surface area contributed by atoms with E-state index in [2.05, 4.69) is 20.3 Å². The number of pyridine rings is 1. The van der Waals surface area contributed by atoms with Crippen LogP contribution in [0.4, 0.5) is 23.5 Å². The van der Waals surface area contributed by atoms with Crippen LogP contribution in [-0.2, 0) is 6.18 Å². The molecule has 0 atom stereocenters. The number of nitrogens with one attached hydrogen (secondary N) is 1. The molecule has 1 aliphatic rings. The van der Waals surface area contributed by atoms with Crippen molar-refractivity contribution in [1.29, 1.82) is 0 Å². The van der Waals surface area contributed by atoms with Crippen molar-refractivity contribution in [2.45, 2.75) is 12.6 Å². The summed E-state index contributed by atoms with van der Waals surface area (Å²) in [5.74, 6) is -1.16. The van der Waals surface area contributed by atoms with Gasteiger partial charge in [-0.05, 0) is 6.07 Å². The fraction of sp³-hybridized carbons (Fsp3) is 0.250. The molecule has 0 saturated carbocycles. The SMILES string of the molecule is NC1=C(Nc2ncc(F)cn2)CCN(C(=O)c2ccnc(C(F)(F)F)c2Cl)C1. The van der Waals surface area contributed by atoms with E-state index < -0.39 is 28.6 Å². The summed E-state index contributed by atoms with van der Waals surface area (Å²) in [5.41, 5.74) is 5.14. The van der Waals surface area contributed by atoms with Crippen molar-refractivity contribution < 1.29 is 22.4 Å². The van der Waals surface area contributed by atoms with Crippen LogP contribution in [-0.4, -0.2) is 38.8 Å². The number of nitrogens with two attached hydrogens (primary N) is 1. The predicted molar refractivity (Wildman–Crippen MR) is 91.6 cm³/mol. The Labute approximate surface area is 161 Å². The summed E-state index contributed by atoms with van der Waals surface area (Å²) in [7, 11) is 0. The van der Waals surface area contributed by atoms with Crippen LogP contribution in [0.3, 0.4) is 0 Å². The lowest BCUT2D eigenvalue weighted by Gasteiger charge is -2.30. The fourth-order valence-electron chi connectivity index (χ4n) is 2.59. The lowest BCUT2D eigenvalue weighted by Crippen LogP contribution is -2.40. The molecule has 0 aliphatic carbocycles. The molecule has 0 radical (unpaired) electrons. The van der Waals surface area contributed by atoms with E-state index in [1.54, 1.807) is 0 Å². The largest absolute Gasteiger partial charge is 0.434 e. The first-order valence-electron chi connectivity index (χ1n) is 7.90. The number of alkyl halides is 3. The number of nitrogens with zero attached hydrogens (tertiary/aromatic N) is 4. The van der Waals surface area contributed by atoms with Gasteiger partial charge in [0.05, 0.1) is 29.5 Å². The molecule has 3 heterocycles. The van der Waals surface area contributed by atoms with Crippen LogP contribution >= 0.6 is 11.6 Å². The van der Waals surface area contributed by atoms with Gasteiger partial charge in [0.25, 0.3) is 5.91 Å². The first-order chi connectivity index (χ1) is 13.2. The van der Waals surface area contributed by atoms with E-state index in [0.29, 0.717) is 5.70 Å². The first kappa shape index (κ1) is 19.8. The zero-order chi connectivity index (χ0) is 20.5. The number of amides is 1. The molecule has 1 aliphatic heterocycles. The number of aromatic nitrogens is 3. The van der Waals surface area contributed by atoms with Crippen LogP contribution in [0.2, 0.25) is 5.02 Å². The van der Waals surface area contributed by atoms with Crippen LogP contribution in [0, 0.1) is 5.82 Å². The number of halogens is 5. The van der Waals surface area contributed by atoms with Crippen LogP contribution in [0.1, 0.15) is 22.5 Å². The summed E-state index contributed by atoms with van der Waals surface area (Å²) in [6, 6.07) is 1.12. The van der Waals surface area contributed by atoms with E-state index in [1.165, 1.54) is 4.90 Å². The Morgan fingerprint density at radius 1 is 1.25 bits per heavy atom. The van der Waals surface area contributed by atoms with Gasteiger partial charge in [0, 0.05) is 30.6 Å². The number of hydrogen-bond donors (Lipinski definition) is 2. The highest BCUT2D eigenvalue weighted by Crippen LogP contribution is 2.35. The lowest BCUT2D eigenvalue weighted by atomic mass is 10.1. The van der Waals surface area contributed by atoms with E-state index in [9.17, 15) is 22.4 Å². The number of rotatable bonds is 3. The molecular formula is C16H13ClF4N6O. The Bertz CT molecular complexity index is 932. The molecule has 0 fully saturated rings. The number of carbonyl (C=O) groups is 1. The van der Waals surface area contributed by atoms with Gasteiger partial charge >= 0.3 is 6.18 Å². The molecule has 3 rings (SSSR count). The third-order valence-electron chi connectivity index (χ3n) is 3.94. The number of carbonyl (C=O) groups excluding carboxylic acids is 1. The Morgan fingerprint density at radius 3 is 2.54 bits per heavy atom. The first-order valence-corrected chi connectivity index (χ1v) is 8.27. The van der Waals surface area contributed by atoms with Crippen molar-refractivity contribution in [2.75, 3.05) is 18.4 Å². The molecule has 7 nitrogen and oxygen atoms in total. The van der Waals surface area contributed by atoms with Crippen molar-refractivity contribution in [3.63, 3.8) is 0 Å². The molecule has 2 aromatic rings. The quantitative estimate of drug-likeness (QED) is 0.747. The van der Waals surface area contributed by atoms with Crippen LogP contribution in [0.15, 0.2) is 36.1 Å². The van der Waals surface area contributed by atoms with Crippen LogP contribution in [0.5, 0.6) is 0 Å². The maximum absolute atomic E-state index is 12.9. The summed E-state index contributed by atoms with van der Waals surface area (Å²) in [6.07, 6.45) is -1.67. The Kier molecular flexibility index (Phi) is 5.36. The summed E-state index contributed by atoms with van der Waals surface area (Å²) in [5, 5.41) is 2.08. The van der Waals surface area contributed by atoms with Crippen molar-refractivity contribution in [3.05, 3.63) is 58.1 Å². The molecule has 1 amide bonds. The Balaban J connectivity index is 1.77. The van der Waals surface area contributed by atoms with E-state index in [4.69, 9.17) is 17.3 Å². The lowest BCUT2D eigenvalue weighted by molar-refractivity contribution is -0.141. The summed E-state index contributed by atoms with van der Waals surface area (Å²) in [6.45, 7) is 0.130. The van der Waals surface area contributed by atoms with Crippen LogP contribution in [0.25, 0.3) is 0 Å². The van der Waals surface area contributed by atoms with E-state index >= 15 is 0 Å². The highest BCUT2D eigenvalue weighted by molar-refractivity contribution is 6.34. The van der Waals surface area contributed by atoms with Gasteiger partial charge in [-0.2, -0.15) is 13.2 Å². The van der Waals surface area contributed by atoms with Gasteiger partial charge in [-0.3, -0.25) is 9.78 Å². The molecule has 0 saturated heterocycles. The van der Waals surface area contributed by atoms with Crippen molar-refractivity contribution in [2.24, 2.45) is 5.73 Å². The van der Waals surface area contributed by atoms with Gasteiger partial charge in [0.15, 0.2) is 11.5 Å². The average molecular weight is 417 g/mol. The van der Waals surface area contributed by atoms with Gasteiger partial charge < -0.3 is 16.0 Å². The van der Waals surface area contributed by atoms with Gasteiger partial charge in [0.2, 0.25) is 5.95 Å². The monoisotopic (exact) mass is 416 g/mol. The van der Waals surface area contributed by atoms with Crippen LogP contribution < -0.4 is 11.1 Å². The minimum atomic E-state index is -4.78. The molecule has 12 heteroatoms. The number of hydrogen-bond acceptors (Lipinski definition) is 6. The summed E-state index contributed by atoms with van der Waals surface area (Å²) in [4.78, 5) is 24.6. The Hall–Kier alpha value is -2.95. The molecular weight excluding hydrogens is 404 g/mol. The zero-order valence-electron chi connectivity index (χ0n) is 14.1. The Morgan fingerprint density at radius 2 is 1.93 bits per heavy atom. The predicted octanol–water partition coefficient (Wildman–Crippen LogP) is 2.81. The topological polar surface area (TPSA) is 97.0 Å². The molecule has 0 bridgehead atoms. The van der Waals surface area contributed by atoms with Crippen molar-refractivity contribution in [1.82, 2.24) is 19.9 Å². The minimum Gasteiger partial charge on any atom is -0.399 e. The summed E-state index contributed by atoms with van der Waals surface area (Å²) < 4.78 is 51.7. The van der Waals surface area contributed by atoms with Gasteiger partial charge in [-0.1, -0.05) is 11.6 Å². The zero-order valence-corrected chi connectivity index (χ0v) is 14.9. The standard InChI is InChI=1S/C16H13ClF4N6O/c17-12-9(1-3-23-13(12)16(19,20)21)14(28)27-4-2-11(10(22)7-27)26-15-24-5-8(18)6-25-15/h1,3,5-6H,2,4,7,22H2,(H,24,25,26). The molecule has 3 N–H and O–H groups in total. The second kappa shape index (κ2) is 7.58. The molecule has 28 heavy (non-hydrogen) atoms. The van der Waals surface area contributed by atoms with Crippen molar-refractivity contribution in [3.8, 4) is 0 Å². The van der Waals surface area contributed by atoms with Gasteiger partial charge in [-0.15, -0.1) is 0 Å². The smallest absolute Gasteiger partial charge is 0.399 e. The molecule has 148 valence electrons. The molecule has 0 spiro atoms. The van der Waals surface area contributed by atoms with E-state index in [1.807, 2.05) is 0 Å². The third-order valence-corrected chi connectivity index (χ3v) is 4.32. The number of anilines is 1. The highest BCUT2D eigenvalue weighted by Gasteiger charge is 2.37. The van der Waals surface area contributed by atoms with Gasteiger partial charge in [0.1, 0.15) is 0 Å². The molecule has 0 aromatic carbocycles. The second-order valence-electron chi connectivity index (χ2n) is 5.85. The molecule has 2 aromatic heterocycles. The maximum Gasteiger partial charge on any atom is 0.434 e. The van der Waals surface area contributed by atoms with Gasteiger partial charge in [-0.25, -0.2) is 14.4 Å².